The van der Waals surface area contributed by atoms with Gasteiger partial charge in [0, 0.05) is 12.5 Å². The Morgan fingerprint density at radius 2 is 1.67 bits per heavy atom. The normalized spacial score (nSPS) is 20.2. The SMILES string of the molecule is CCCC(C)(NC(=O)OCC1c2ccccc2-c2ccccc21)C(=O)NCC1CC1C(=O)O. The number of amides is 2. The molecule has 1 saturated carbocycles. The molecule has 0 aliphatic heterocycles. The van der Waals surface area contributed by atoms with Gasteiger partial charge in [0.1, 0.15) is 12.1 Å². The molecule has 2 aromatic carbocycles. The number of aliphatic carboxylic acids is 1. The summed E-state index contributed by atoms with van der Waals surface area (Å²) in [5, 5.41) is 14.6. The maximum Gasteiger partial charge on any atom is 0.408 e. The lowest BCUT2D eigenvalue weighted by Crippen LogP contribution is -2.57. The number of fused-ring (bicyclic) bond motifs is 3. The summed E-state index contributed by atoms with van der Waals surface area (Å²) in [6.07, 6.45) is 1.06. The molecule has 0 bridgehead atoms. The van der Waals surface area contributed by atoms with Crippen molar-refractivity contribution in [3.8, 4) is 11.1 Å². The van der Waals surface area contributed by atoms with Crippen LogP contribution in [0.5, 0.6) is 0 Å². The summed E-state index contributed by atoms with van der Waals surface area (Å²) in [4.78, 5) is 36.6. The van der Waals surface area contributed by atoms with Crippen molar-refractivity contribution in [3.05, 3.63) is 59.7 Å². The number of hydrogen-bond acceptors (Lipinski definition) is 4. The van der Waals surface area contributed by atoms with Gasteiger partial charge in [-0.2, -0.15) is 0 Å². The Morgan fingerprint density at radius 1 is 1.06 bits per heavy atom. The van der Waals surface area contributed by atoms with E-state index in [2.05, 4.69) is 34.9 Å². The Bertz CT molecular complexity index is 1020. The van der Waals surface area contributed by atoms with Crippen molar-refractivity contribution in [1.29, 1.82) is 0 Å². The molecule has 0 radical (unpaired) electrons. The van der Waals surface area contributed by atoms with Gasteiger partial charge in [0.2, 0.25) is 5.91 Å². The van der Waals surface area contributed by atoms with Gasteiger partial charge in [0.25, 0.3) is 0 Å². The quantitative estimate of drug-likeness (QED) is 0.537. The highest BCUT2D eigenvalue weighted by Gasteiger charge is 2.44. The molecule has 0 spiro atoms. The summed E-state index contributed by atoms with van der Waals surface area (Å²) in [5.74, 6) is -1.65. The van der Waals surface area contributed by atoms with Gasteiger partial charge in [-0.1, -0.05) is 61.9 Å². The lowest BCUT2D eigenvalue weighted by atomic mass is 9.95. The third-order valence-corrected chi connectivity index (χ3v) is 6.74. The van der Waals surface area contributed by atoms with Gasteiger partial charge in [-0.3, -0.25) is 9.59 Å². The molecule has 0 heterocycles. The van der Waals surface area contributed by atoms with E-state index in [0.717, 1.165) is 22.3 Å². The predicted molar refractivity (Wildman–Crippen MR) is 124 cm³/mol. The smallest absolute Gasteiger partial charge is 0.408 e. The minimum atomic E-state index is -1.13. The molecular weight excluding hydrogens is 420 g/mol. The first-order chi connectivity index (χ1) is 15.8. The lowest BCUT2D eigenvalue weighted by molar-refractivity contribution is -0.139. The molecule has 3 unspecified atom stereocenters. The first-order valence-corrected chi connectivity index (χ1v) is 11.5. The van der Waals surface area contributed by atoms with Gasteiger partial charge >= 0.3 is 12.1 Å². The Morgan fingerprint density at radius 3 is 2.21 bits per heavy atom. The first-order valence-electron chi connectivity index (χ1n) is 11.5. The zero-order valence-corrected chi connectivity index (χ0v) is 19.0. The summed E-state index contributed by atoms with van der Waals surface area (Å²) in [6, 6.07) is 16.2. The molecular formula is C26H30N2O5. The first kappa shape index (κ1) is 22.8. The maximum atomic E-state index is 12.9. The van der Waals surface area contributed by atoms with Crippen LogP contribution in [0.2, 0.25) is 0 Å². The van der Waals surface area contributed by atoms with E-state index in [4.69, 9.17) is 9.84 Å². The van der Waals surface area contributed by atoms with Crippen LogP contribution in [0, 0.1) is 11.8 Å². The zero-order chi connectivity index (χ0) is 23.6. The fourth-order valence-electron chi connectivity index (χ4n) is 4.79. The van der Waals surface area contributed by atoms with E-state index in [0.29, 0.717) is 25.8 Å². The summed E-state index contributed by atoms with van der Waals surface area (Å²) < 4.78 is 5.61. The number of alkyl carbamates (subject to hydrolysis) is 1. The molecule has 7 nitrogen and oxygen atoms in total. The highest BCUT2D eigenvalue weighted by atomic mass is 16.5. The number of nitrogens with one attached hydrogen (secondary N) is 2. The van der Waals surface area contributed by atoms with E-state index in [1.807, 2.05) is 31.2 Å². The fraction of sp³-hybridized carbons (Fsp3) is 0.423. The topological polar surface area (TPSA) is 105 Å². The van der Waals surface area contributed by atoms with E-state index >= 15 is 0 Å². The summed E-state index contributed by atoms with van der Waals surface area (Å²) in [6.45, 7) is 4.08. The third kappa shape index (κ3) is 4.72. The van der Waals surface area contributed by atoms with Gasteiger partial charge in [0.05, 0.1) is 5.92 Å². The van der Waals surface area contributed by atoms with Crippen LogP contribution in [0.4, 0.5) is 4.79 Å². The molecule has 2 aliphatic carbocycles. The second-order valence-electron chi connectivity index (χ2n) is 9.18. The number of carboxylic acids is 1. The van der Waals surface area contributed by atoms with Crippen LogP contribution in [0.1, 0.15) is 50.2 Å². The van der Waals surface area contributed by atoms with E-state index in [1.165, 1.54) is 0 Å². The van der Waals surface area contributed by atoms with Crippen molar-refractivity contribution >= 4 is 18.0 Å². The fourth-order valence-corrected chi connectivity index (χ4v) is 4.79. The standard InChI is InChI=1S/C26H30N2O5/c1-3-12-26(2,24(31)27-14-16-13-21(16)23(29)30)28-25(32)33-15-22-19-10-6-4-8-17(19)18-9-5-7-11-20(18)22/h4-11,16,21-22H,3,12-15H2,1-2H3,(H,27,31)(H,28,32)(H,29,30). The number of rotatable bonds is 9. The lowest BCUT2D eigenvalue weighted by Gasteiger charge is -2.29. The van der Waals surface area contributed by atoms with Crippen LogP contribution < -0.4 is 10.6 Å². The largest absolute Gasteiger partial charge is 0.481 e. The minimum Gasteiger partial charge on any atom is -0.481 e. The number of benzene rings is 2. The number of carbonyl (C=O) groups excluding carboxylic acids is 2. The van der Waals surface area contributed by atoms with Crippen molar-refractivity contribution in [2.45, 2.75) is 44.6 Å². The molecule has 4 rings (SSSR count). The Balaban J connectivity index is 1.37. The van der Waals surface area contributed by atoms with Gasteiger partial charge in [-0.05, 0) is 47.9 Å². The van der Waals surface area contributed by atoms with Crippen molar-refractivity contribution in [1.82, 2.24) is 10.6 Å². The van der Waals surface area contributed by atoms with E-state index in [1.54, 1.807) is 6.92 Å². The van der Waals surface area contributed by atoms with Crippen LogP contribution in [-0.4, -0.2) is 41.8 Å². The molecule has 0 aromatic heterocycles. The Hall–Kier alpha value is -3.35. The summed E-state index contributed by atoms with van der Waals surface area (Å²) in [5.41, 5.74) is 3.41. The van der Waals surface area contributed by atoms with Crippen molar-refractivity contribution < 1.29 is 24.2 Å². The monoisotopic (exact) mass is 450 g/mol. The summed E-state index contributed by atoms with van der Waals surface area (Å²) >= 11 is 0. The van der Waals surface area contributed by atoms with Gasteiger partial charge < -0.3 is 20.5 Å². The van der Waals surface area contributed by atoms with Crippen LogP contribution in [0.3, 0.4) is 0 Å². The molecule has 3 atom stereocenters. The van der Waals surface area contributed by atoms with E-state index in [-0.39, 0.29) is 24.3 Å². The average Bonchev–Trinajstić information content (AvgIpc) is 3.52. The van der Waals surface area contributed by atoms with Crippen molar-refractivity contribution in [2.24, 2.45) is 11.8 Å². The highest BCUT2D eigenvalue weighted by Crippen LogP contribution is 2.44. The van der Waals surface area contributed by atoms with Crippen LogP contribution in [-0.2, 0) is 14.3 Å². The molecule has 174 valence electrons. The van der Waals surface area contributed by atoms with Crippen molar-refractivity contribution in [2.75, 3.05) is 13.2 Å². The molecule has 7 heteroatoms. The van der Waals surface area contributed by atoms with Crippen LogP contribution in [0.15, 0.2) is 48.5 Å². The second-order valence-corrected chi connectivity index (χ2v) is 9.18. The van der Waals surface area contributed by atoms with Gasteiger partial charge in [-0.15, -0.1) is 0 Å². The van der Waals surface area contributed by atoms with Crippen LogP contribution >= 0.6 is 0 Å². The highest BCUT2D eigenvalue weighted by molar-refractivity contribution is 5.89. The summed E-state index contributed by atoms with van der Waals surface area (Å²) in [7, 11) is 0. The second kappa shape index (κ2) is 9.25. The number of ether oxygens (including phenoxy) is 1. The molecule has 1 fully saturated rings. The molecule has 2 aliphatic rings. The number of hydrogen-bond donors (Lipinski definition) is 3. The van der Waals surface area contributed by atoms with E-state index < -0.39 is 23.5 Å². The van der Waals surface area contributed by atoms with Crippen molar-refractivity contribution in [3.63, 3.8) is 0 Å². The Labute approximate surface area is 193 Å². The predicted octanol–water partition coefficient (Wildman–Crippen LogP) is 3.92. The molecule has 2 aromatic rings. The number of carboxylic acid groups (broad SMARTS) is 1. The Kier molecular flexibility index (Phi) is 6.40. The zero-order valence-electron chi connectivity index (χ0n) is 19.0. The van der Waals surface area contributed by atoms with E-state index in [9.17, 15) is 14.4 Å². The average molecular weight is 451 g/mol. The van der Waals surface area contributed by atoms with Gasteiger partial charge in [0.15, 0.2) is 0 Å². The molecule has 0 saturated heterocycles. The third-order valence-electron chi connectivity index (χ3n) is 6.74. The minimum absolute atomic E-state index is 0.0493. The maximum absolute atomic E-state index is 12.9. The molecule has 3 N–H and O–H groups in total. The molecule has 33 heavy (non-hydrogen) atoms. The van der Waals surface area contributed by atoms with Crippen LogP contribution in [0.25, 0.3) is 11.1 Å². The number of carbonyl (C=O) groups is 3. The van der Waals surface area contributed by atoms with Gasteiger partial charge in [-0.25, -0.2) is 4.79 Å². The molecule has 2 amide bonds.